The van der Waals surface area contributed by atoms with E-state index in [1.165, 1.54) is 12.8 Å². The van der Waals surface area contributed by atoms with Crippen molar-refractivity contribution in [3.05, 3.63) is 42.7 Å². The van der Waals surface area contributed by atoms with Crippen LogP contribution >= 0.6 is 0 Å². The molecule has 3 heterocycles. The second kappa shape index (κ2) is 5.87. The number of imidazole rings is 1. The highest BCUT2D eigenvalue weighted by Gasteiger charge is 2.14. The molecule has 5 nitrogen and oxygen atoms in total. The number of alkyl halides is 1. The Bertz CT molecular complexity index is 809. The quantitative estimate of drug-likeness (QED) is 0.741. The molecule has 2 aromatic heterocycles. The summed E-state index contributed by atoms with van der Waals surface area (Å²) in [7, 11) is 0. The fraction of sp³-hybridized carbons (Fsp3) is 0.294. The van der Waals surface area contributed by atoms with Crippen molar-refractivity contribution in [2.24, 2.45) is 0 Å². The second-order valence-corrected chi connectivity index (χ2v) is 5.59. The van der Waals surface area contributed by atoms with Crippen LogP contribution in [0, 0.1) is 0 Å². The number of halogens is 1. The van der Waals surface area contributed by atoms with Gasteiger partial charge in [-0.25, -0.2) is 9.37 Å². The molecule has 0 aliphatic carbocycles. The molecule has 3 aromatic rings. The highest BCUT2D eigenvalue weighted by Crippen LogP contribution is 2.23. The lowest BCUT2D eigenvalue weighted by atomic mass is 10.2. The number of hydrogen-bond acceptors (Lipinski definition) is 4. The van der Waals surface area contributed by atoms with Crippen molar-refractivity contribution in [2.45, 2.75) is 12.8 Å². The van der Waals surface area contributed by atoms with E-state index >= 15 is 0 Å². The summed E-state index contributed by atoms with van der Waals surface area (Å²) in [4.78, 5) is 11.5. The summed E-state index contributed by atoms with van der Waals surface area (Å²) < 4.78 is 18.9. The van der Waals surface area contributed by atoms with Gasteiger partial charge in [-0.05, 0) is 43.2 Å². The molecule has 1 aliphatic heterocycles. The van der Waals surface area contributed by atoms with E-state index in [9.17, 15) is 4.39 Å². The number of hydrogen-bond donors (Lipinski definition) is 0. The molecule has 1 saturated heterocycles. The Labute approximate surface area is 133 Å². The first-order chi connectivity index (χ1) is 11.3. The monoisotopic (exact) mass is 312 g/mol. The molecule has 0 saturated carbocycles. The Morgan fingerprint density at radius 3 is 2.57 bits per heavy atom. The van der Waals surface area contributed by atoms with Gasteiger partial charge >= 0.3 is 0 Å². The third kappa shape index (κ3) is 2.72. The summed E-state index contributed by atoms with van der Waals surface area (Å²) in [5, 5.41) is 0. The number of benzene rings is 1. The number of aromatic nitrogens is 3. The SMILES string of the molecule is FCOc1ccc(-c2cn3ccc(N4CCCC4)nc3n2)cc1. The molecule has 0 amide bonds. The van der Waals surface area contributed by atoms with Gasteiger partial charge in [0, 0.05) is 31.0 Å². The molecule has 0 atom stereocenters. The number of ether oxygens (including phenoxy) is 1. The minimum absolute atomic E-state index is 0.509. The van der Waals surface area contributed by atoms with Crippen LogP contribution in [0.5, 0.6) is 5.75 Å². The van der Waals surface area contributed by atoms with Crippen LogP contribution < -0.4 is 9.64 Å². The lowest BCUT2D eigenvalue weighted by Gasteiger charge is -2.15. The van der Waals surface area contributed by atoms with Crippen molar-refractivity contribution >= 4 is 11.6 Å². The van der Waals surface area contributed by atoms with Crippen LogP contribution in [0.4, 0.5) is 10.2 Å². The van der Waals surface area contributed by atoms with Crippen molar-refractivity contribution in [3.63, 3.8) is 0 Å². The molecular weight excluding hydrogens is 295 g/mol. The van der Waals surface area contributed by atoms with Crippen LogP contribution in [-0.4, -0.2) is 34.3 Å². The average Bonchev–Trinajstić information content (AvgIpc) is 3.24. The minimum Gasteiger partial charge on any atom is -0.463 e. The number of rotatable bonds is 4. The smallest absolute Gasteiger partial charge is 0.236 e. The Morgan fingerprint density at radius 2 is 1.83 bits per heavy atom. The van der Waals surface area contributed by atoms with Crippen molar-refractivity contribution in [1.82, 2.24) is 14.4 Å². The standard InChI is InChI=1S/C17H17FN4O/c18-12-23-14-5-3-13(4-6-14)15-11-22-10-7-16(20-17(22)19-15)21-8-1-2-9-21/h3-7,10-11H,1-2,8-9,12H2. The van der Waals surface area contributed by atoms with Crippen LogP contribution in [0.25, 0.3) is 17.0 Å². The van der Waals surface area contributed by atoms with Crippen molar-refractivity contribution in [3.8, 4) is 17.0 Å². The zero-order valence-corrected chi connectivity index (χ0v) is 12.7. The van der Waals surface area contributed by atoms with E-state index in [2.05, 4.69) is 14.9 Å². The summed E-state index contributed by atoms with van der Waals surface area (Å²) in [5.74, 6) is 2.18. The molecule has 1 aromatic carbocycles. The largest absolute Gasteiger partial charge is 0.463 e. The molecule has 4 rings (SSSR count). The third-order valence-corrected chi connectivity index (χ3v) is 4.11. The van der Waals surface area contributed by atoms with Crippen LogP contribution in [0.3, 0.4) is 0 Å². The van der Waals surface area contributed by atoms with Gasteiger partial charge in [0.05, 0.1) is 5.69 Å². The lowest BCUT2D eigenvalue weighted by molar-refractivity contribution is 0.192. The van der Waals surface area contributed by atoms with E-state index in [0.717, 1.165) is 30.2 Å². The molecule has 1 aliphatic rings. The first-order valence-corrected chi connectivity index (χ1v) is 7.73. The molecule has 23 heavy (non-hydrogen) atoms. The van der Waals surface area contributed by atoms with Gasteiger partial charge in [-0.2, -0.15) is 4.98 Å². The van der Waals surface area contributed by atoms with Gasteiger partial charge < -0.3 is 9.64 Å². The topological polar surface area (TPSA) is 42.7 Å². The predicted octanol–water partition coefficient (Wildman–Crippen LogP) is 3.30. The fourth-order valence-corrected chi connectivity index (χ4v) is 2.91. The van der Waals surface area contributed by atoms with Crippen LogP contribution in [0.2, 0.25) is 0 Å². The first-order valence-electron chi connectivity index (χ1n) is 7.73. The average molecular weight is 312 g/mol. The maximum atomic E-state index is 12.2. The molecule has 1 fully saturated rings. The van der Waals surface area contributed by atoms with Crippen molar-refractivity contribution in [2.75, 3.05) is 24.9 Å². The zero-order valence-electron chi connectivity index (χ0n) is 12.7. The van der Waals surface area contributed by atoms with Gasteiger partial charge in [-0.3, -0.25) is 4.40 Å². The van der Waals surface area contributed by atoms with Crippen molar-refractivity contribution in [1.29, 1.82) is 0 Å². The highest BCUT2D eigenvalue weighted by molar-refractivity contribution is 5.63. The van der Waals surface area contributed by atoms with Gasteiger partial charge in [0.25, 0.3) is 0 Å². The highest BCUT2D eigenvalue weighted by atomic mass is 19.1. The first kappa shape index (κ1) is 14.0. The van der Waals surface area contributed by atoms with Crippen molar-refractivity contribution < 1.29 is 9.13 Å². The van der Waals surface area contributed by atoms with E-state index in [4.69, 9.17) is 4.74 Å². The summed E-state index contributed by atoms with van der Waals surface area (Å²) >= 11 is 0. The lowest BCUT2D eigenvalue weighted by Crippen LogP contribution is -2.19. The van der Waals surface area contributed by atoms with E-state index < -0.39 is 6.86 Å². The van der Waals surface area contributed by atoms with Gasteiger partial charge in [-0.15, -0.1) is 0 Å². The molecule has 0 radical (unpaired) electrons. The van der Waals surface area contributed by atoms with E-state index in [1.54, 1.807) is 12.1 Å². The Kier molecular flexibility index (Phi) is 3.57. The van der Waals surface area contributed by atoms with Gasteiger partial charge in [0.2, 0.25) is 12.6 Å². The Balaban J connectivity index is 1.65. The molecule has 118 valence electrons. The summed E-state index contributed by atoms with van der Waals surface area (Å²) in [6, 6.07) is 9.24. The summed E-state index contributed by atoms with van der Waals surface area (Å²) in [5.41, 5.74) is 1.78. The normalized spacial score (nSPS) is 14.6. The number of anilines is 1. The molecule has 0 spiro atoms. The molecule has 0 unspecified atom stereocenters. The van der Waals surface area contributed by atoms with Crippen LogP contribution in [0.1, 0.15) is 12.8 Å². The van der Waals surface area contributed by atoms with Gasteiger partial charge in [-0.1, -0.05) is 0 Å². The Morgan fingerprint density at radius 1 is 1.04 bits per heavy atom. The Hall–Kier alpha value is -2.63. The predicted molar refractivity (Wildman–Crippen MR) is 86.5 cm³/mol. The molecule has 6 heteroatoms. The molecule has 0 N–H and O–H groups in total. The molecular formula is C17H17FN4O. The van der Waals surface area contributed by atoms with Crippen LogP contribution in [-0.2, 0) is 0 Å². The maximum Gasteiger partial charge on any atom is 0.236 e. The maximum absolute atomic E-state index is 12.2. The second-order valence-electron chi connectivity index (χ2n) is 5.59. The summed E-state index contributed by atoms with van der Waals surface area (Å²) in [6.07, 6.45) is 6.38. The van der Waals surface area contributed by atoms with E-state index in [-0.39, 0.29) is 0 Å². The zero-order chi connectivity index (χ0) is 15.6. The van der Waals surface area contributed by atoms with Gasteiger partial charge in [0.15, 0.2) is 0 Å². The van der Waals surface area contributed by atoms with E-state index in [1.807, 2.05) is 35.0 Å². The fourth-order valence-electron chi connectivity index (χ4n) is 2.91. The summed E-state index contributed by atoms with van der Waals surface area (Å²) in [6.45, 7) is 1.30. The van der Waals surface area contributed by atoms with Gasteiger partial charge in [0.1, 0.15) is 11.6 Å². The molecule has 0 bridgehead atoms. The third-order valence-electron chi connectivity index (χ3n) is 4.11. The van der Waals surface area contributed by atoms with Crippen LogP contribution in [0.15, 0.2) is 42.7 Å². The number of nitrogens with zero attached hydrogens (tertiary/aromatic N) is 4. The van der Waals surface area contributed by atoms with E-state index in [0.29, 0.717) is 11.5 Å². The minimum atomic E-state index is -0.823. The number of fused-ring (bicyclic) bond motifs is 1.